The lowest BCUT2D eigenvalue weighted by molar-refractivity contribution is 0.0840. The predicted octanol–water partition coefficient (Wildman–Crippen LogP) is 3.36. The molecule has 24 heavy (non-hydrogen) atoms. The van der Waals surface area contributed by atoms with E-state index in [9.17, 15) is 4.79 Å². The molecule has 2 aliphatic rings. The Hall–Kier alpha value is -1.64. The van der Waals surface area contributed by atoms with Crippen molar-refractivity contribution < 1.29 is 9.53 Å². The Morgan fingerprint density at radius 1 is 1.50 bits per heavy atom. The topological polar surface area (TPSA) is 41.6 Å². The largest absolute Gasteiger partial charge is 0.376 e. The van der Waals surface area contributed by atoms with Gasteiger partial charge in [-0.3, -0.25) is 0 Å². The Kier molecular flexibility index (Phi) is 5.70. The number of terminal acetylenes is 1. The van der Waals surface area contributed by atoms with Crippen molar-refractivity contribution >= 4 is 17.8 Å². The molecule has 1 N–H and O–H groups in total. The summed E-state index contributed by atoms with van der Waals surface area (Å²) in [7, 11) is 0. The standard InChI is InChI=1S/C19H24N2O2S/c1-3-9-21(13-15-5-4-10-23-15)19(22)20-17-8-11-24-18-7-6-14(2)12-16(17)18/h1,6-7,12,15,17H,4-5,8-11,13H2,2H3,(H,20,22)/t15-,17-/m0/s1. The summed E-state index contributed by atoms with van der Waals surface area (Å²) in [6, 6.07) is 6.42. The van der Waals surface area contributed by atoms with Crippen molar-refractivity contribution in [2.45, 2.75) is 43.2 Å². The number of thioether (sulfide) groups is 1. The van der Waals surface area contributed by atoms with Crippen LogP contribution in [-0.4, -0.2) is 42.5 Å². The van der Waals surface area contributed by atoms with Crippen LogP contribution < -0.4 is 5.32 Å². The normalized spacial score (nSPS) is 22.5. The first-order valence-electron chi connectivity index (χ1n) is 8.51. The number of carbonyl (C=O) groups excluding carboxylic acids is 1. The maximum absolute atomic E-state index is 12.7. The van der Waals surface area contributed by atoms with E-state index in [1.54, 1.807) is 4.90 Å². The van der Waals surface area contributed by atoms with Gasteiger partial charge in [-0.2, -0.15) is 0 Å². The highest BCUT2D eigenvalue weighted by Crippen LogP contribution is 2.36. The molecule has 4 nitrogen and oxygen atoms in total. The average molecular weight is 344 g/mol. The van der Waals surface area contributed by atoms with Gasteiger partial charge in [-0.1, -0.05) is 23.6 Å². The van der Waals surface area contributed by atoms with Crippen molar-refractivity contribution in [3.8, 4) is 12.3 Å². The van der Waals surface area contributed by atoms with Crippen LogP contribution in [0, 0.1) is 19.3 Å². The van der Waals surface area contributed by atoms with Crippen LogP contribution in [0.4, 0.5) is 4.79 Å². The van der Waals surface area contributed by atoms with Crippen LogP contribution in [0.5, 0.6) is 0 Å². The summed E-state index contributed by atoms with van der Waals surface area (Å²) in [5.74, 6) is 3.61. The lowest BCUT2D eigenvalue weighted by Gasteiger charge is -2.30. The molecule has 128 valence electrons. The number of carbonyl (C=O) groups is 1. The van der Waals surface area contributed by atoms with Gasteiger partial charge in [0, 0.05) is 23.8 Å². The van der Waals surface area contributed by atoms with E-state index < -0.39 is 0 Å². The fourth-order valence-electron chi connectivity index (χ4n) is 3.27. The highest BCUT2D eigenvalue weighted by molar-refractivity contribution is 7.99. The summed E-state index contributed by atoms with van der Waals surface area (Å²) in [6.45, 7) is 3.75. The van der Waals surface area contributed by atoms with Gasteiger partial charge >= 0.3 is 6.03 Å². The molecule has 3 rings (SSSR count). The molecule has 0 aliphatic carbocycles. The highest BCUT2D eigenvalue weighted by Gasteiger charge is 2.26. The monoisotopic (exact) mass is 344 g/mol. The first kappa shape index (κ1) is 17.2. The molecule has 1 fully saturated rings. The summed E-state index contributed by atoms with van der Waals surface area (Å²) in [6.07, 6.45) is 8.56. The van der Waals surface area contributed by atoms with Gasteiger partial charge in [0.25, 0.3) is 0 Å². The summed E-state index contributed by atoms with van der Waals surface area (Å²) >= 11 is 1.86. The van der Waals surface area contributed by atoms with Crippen molar-refractivity contribution in [2.24, 2.45) is 0 Å². The van der Waals surface area contributed by atoms with E-state index in [2.05, 4.69) is 36.4 Å². The maximum Gasteiger partial charge on any atom is 0.318 e. The van der Waals surface area contributed by atoms with Gasteiger partial charge in [-0.15, -0.1) is 18.2 Å². The minimum atomic E-state index is -0.0900. The van der Waals surface area contributed by atoms with E-state index in [1.807, 2.05) is 11.8 Å². The van der Waals surface area contributed by atoms with Gasteiger partial charge in [0.1, 0.15) is 0 Å². The number of hydrogen-bond acceptors (Lipinski definition) is 3. The molecule has 0 saturated carbocycles. The zero-order valence-electron chi connectivity index (χ0n) is 14.1. The van der Waals surface area contributed by atoms with Crippen molar-refractivity contribution in [2.75, 3.05) is 25.4 Å². The summed E-state index contributed by atoms with van der Waals surface area (Å²) in [5.41, 5.74) is 2.44. The Balaban J connectivity index is 1.69. The maximum atomic E-state index is 12.7. The van der Waals surface area contributed by atoms with Gasteiger partial charge in [-0.25, -0.2) is 4.79 Å². The first-order valence-corrected chi connectivity index (χ1v) is 9.50. The zero-order valence-corrected chi connectivity index (χ0v) is 14.9. The molecule has 2 atom stereocenters. The molecule has 0 spiro atoms. The summed E-state index contributed by atoms with van der Waals surface area (Å²) < 4.78 is 5.65. The summed E-state index contributed by atoms with van der Waals surface area (Å²) in [4.78, 5) is 15.7. The van der Waals surface area contributed by atoms with E-state index in [0.717, 1.165) is 31.6 Å². The zero-order chi connectivity index (χ0) is 16.9. The third-order valence-corrected chi connectivity index (χ3v) is 5.64. The molecule has 0 bridgehead atoms. The molecule has 1 aromatic rings. The highest BCUT2D eigenvalue weighted by atomic mass is 32.2. The third-order valence-electron chi connectivity index (χ3n) is 4.52. The van der Waals surface area contributed by atoms with Gasteiger partial charge in [-0.05, 0) is 37.8 Å². The lowest BCUT2D eigenvalue weighted by atomic mass is 10.0. The molecular formula is C19H24N2O2S. The Morgan fingerprint density at radius 2 is 2.38 bits per heavy atom. The fourth-order valence-corrected chi connectivity index (χ4v) is 4.37. The van der Waals surface area contributed by atoms with Crippen LogP contribution in [0.25, 0.3) is 0 Å². The number of fused-ring (bicyclic) bond motifs is 1. The van der Waals surface area contributed by atoms with Crippen LogP contribution in [0.1, 0.15) is 36.4 Å². The van der Waals surface area contributed by atoms with Crippen LogP contribution in [0.15, 0.2) is 23.1 Å². The van der Waals surface area contributed by atoms with E-state index in [1.165, 1.54) is 16.0 Å². The summed E-state index contributed by atoms with van der Waals surface area (Å²) in [5, 5.41) is 3.18. The third kappa shape index (κ3) is 4.06. The number of ether oxygens (including phenoxy) is 1. The van der Waals surface area contributed by atoms with Crippen LogP contribution >= 0.6 is 11.8 Å². The molecular weight excluding hydrogens is 320 g/mol. The molecule has 2 amide bonds. The van der Waals surface area contributed by atoms with Gasteiger partial charge in [0.05, 0.1) is 18.7 Å². The molecule has 5 heteroatoms. The van der Waals surface area contributed by atoms with Crippen molar-refractivity contribution in [1.82, 2.24) is 10.2 Å². The molecule has 2 aliphatic heterocycles. The predicted molar refractivity (Wildman–Crippen MR) is 97.2 cm³/mol. The number of nitrogens with one attached hydrogen (secondary N) is 1. The van der Waals surface area contributed by atoms with Gasteiger partial charge in [0.2, 0.25) is 0 Å². The second-order valence-electron chi connectivity index (χ2n) is 6.40. The number of benzene rings is 1. The van der Waals surface area contributed by atoms with E-state index >= 15 is 0 Å². The number of urea groups is 1. The van der Waals surface area contributed by atoms with Crippen LogP contribution in [0.2, 0.25) is 0 Å². The van der Waals surface area contributed by atoms with E-state index in [0.29, 0.717) is 13.1 Å². The van der Waals surface area contributed by atoms with E-state index in [4.69, 9.17) is 11.2 Å². The van der Waals surface area contributed by atoms with Crippen LogP contribution in [-0.2, 0) is 4.74 Å². The van der Waals surface area contributed by atoms with Crippen molar-refractivity contribution in [1.29, 1.82) is 0 Å². The second-order valence-corrected chi connectivity index (χ2v) is 7.54. The number of amides is 2. The Morgan fingerprint density at radius 3 is 3.12 bits per heavy atom. The van der Waals surface area contributed by atoms with Crippen molar-refractivity contribution in [3.63, 3.8) is 0 Å². The molecule has 1 saturated heterocycles. The molecule has 0 aromatic heterocycles. The van der Waals surface area contributed by atoms with Crippen molar-refractivity contribution in [3.05, 3.63) is 29.3 Å². The number of nitrogens with zero attached hydrogens (tertiary/aromatic N) is 1. The smallest absolute Gasteiger partial charge is 0.318 e. The van der Waals surface area contributed by atoms with E-state index in [-0.39, 0.29) is 18.2 Å². The Bertz CT molecular complexity index is 635. The molecule has 0 radical (unpaired) electrons. The molecule has 0 unspecified atom stereocenters. The quantitative estimate of drug-likeness (QED) is 0.852. The number of rotatable bonds is 4. The number of aryl methyl sites for hydroxylation is 1. The fraction of sp³-hybridized carbons (Fsp3) is 0.526. The lowest BCUT2D eigenvalue weighted by Crippen LogP contribution is -2.45. The van der Waals surface area contributed by atoms with Gasteiger partial charge in [0.15, 0.2) is 0 Å². The minimum absolute atomic E-state index is 0.0541. The first-order chi connectivity index (χ1) is 11.7. The second kappa shape index (κ2) is 7.96. The molecule has 2 heterocycles. The Labute approximate surface area is 148 Å². The SMILES string of the molecule is C#CCN(C[C@@H]1CCCO1)C(=O)N[C@H]1CCSc2ccc(C)cc21. The average Bonchev–Trinajstić information content (AvgIpc) is 3.08. The molecule has 1 aromatic carbocycles. The number of hydrogen-bond donors (Lipinski definition) is 1. The minimum Gasteiger partial charge on any atom is -0.376 e. The van der Waals surface area contributed by atoms with Crippen LogP contribution in [0.3, 0.4) is 0 Å². The van der Waals surface area contributed by atoms with Gasteiger partial charge < -0.3 is 15.0 Å².